The Kier molecular flexibility index (Phi) is 6.13. The number of hydrogen-bond donors (Lipinski definition) is 0. The van der Waals surface area contributed by atoms with E-state index < -0.39 is 0 Å². The topological polar surface area (TPSA) is 66.6 Å². The normalized spacial score (nSPS) is 11.9. The van der Waals surface area contributed by atoms with Crippen LogP contribution in [-0.2, 0) is 0 Å². The van der Waals surface area contributed by atoms with Gasteiger partial charge in [-0.3, -0.25) is 0 Å². The Morgan fingerprint density at radius 3 is 2.26 bits per heavy atom. The molecule has 0 aliphatic heterocycles. The van der Waals surface area contributed by atoms with Crippen LogP contribution in [0.2, 0.25) is 5.02 Å². The number of methoxy groups -OCH3 is 3. The molecule has 2 aromatic carbocycles. The van der Waals surface area contributed by atoms with Crippen molar-refractivity contribution in [2.45, 2.75) is 17.4 Å². The highest BCUT2D eigenvalue weighted by Gasteiger charge is 2.19. The van der Waals surface area contributed by atoms with E-state index in [9.17, 15) is 0 Å². The highest BCUT2D eigenvalue weighted by molar-refractivity contribution is 7.99. The van der Waals surface area contributed by atoms with E-state index in [1.165, 1.54) is 11.8 Å². The lowest BCUT2D eigenvalue weighted by Crippen LogP contribution is -1.95. The molecule has 8 heteroatoms. The van der Waals surface area contributed by atoms with E-state index in [4.69, 9.17) is 30.2 Å². The van der Waals surface area contributed by atoms with Gasteiger partial charge in [-0.1, -0.05) is 41.6 Å². The van der Waals surface area contributed by atoms with Crippen LogP contribution in [0.4, 0.5) is 0 Å². The molecule has 0 bridgehead atoms. The van der Waals surface area contributed by atoms with E-state index in [0.717, 1.165) is 5.56 Å². The van der Waals surface area contributed by atoms with Gasteiger partial charge in [-0.2, -0.15) is 0 Å². The van der Waals surface area contributed by atoms with Crippen molar-refractivity contribution in [1.29, 1.82) is 0 Å². The van der Waals surface area contributed by atoms with Gasteiger partial charge in [0.05, 0.1) is 21.3 Å². The zero-order valence-electron chi connectivity index (χ0n) is 15.4. The van der Waals surface area contributed by atoms with Crippen LogP contribution in [0, 0.1) is 0 Å². The molecule has 0 aliphatic rings. The molecule has 1 heterocycles. The van der Waals surface area contributed by atoms with E-state index in [-0.39, 0.29) is 5.25 Å². The fraction of sp³-hybridized carbons (Fsp3) is 0.263. The first-order chi connectivity index (χ1) is 13.1. The fourth-order valence-corrected chi connectivity index (χ4v) is 3.81. The minimum Gasteiger partial charge on any atom is -0.493 e. The molecule has 0 saturated carbocycles. The molecule has 0 aliphatic carbocycles. The third-order valence-corrected chi connectivity index (χ3v) is 5.26. The van der Waals surface area contributed by atoms with Crippen LogP contribution in [-0.4, -0.2) is 31.5 Å². The quantitative estimate of drug-likeness (QED) is 0.495. The molecule has 0 spiro atoms. The summed E-state index contributed by atoms with van der Waals surface area (Å²) in [5.41, 5.74) is 1.69. The highest BCUT2D eigenvalue weighted by atomic mass is 35.5. The van der Waals surface area contributed by atoms with E-state index in [2.05, 4.69) is 10.2 Å². The van der Waals surface area contributed by atoms with Gasteiger partial charge in [0.2, 0.25) is 11.6 Å². The molecule has 142 valence electrons. The summed E-state index contributed by atoms with van der Waals surface area (Å²) in [4.78, 5) is 0. The Bertz CT molecular complexity index is 907. The summed E-state index contributed by atoms with van der Waals surface area (Å²) in [5.74, 6) is 1.90. The van der Waals surface area contributed by atoms with Gasteiger partial charge in [0.1, 0.15) is 0 Å². The molecule has 27 heavy (non-hydrogen) atoms. The minimum absolute atomic E-state index is 0.0620. The number of halogens is 1. The Morgan fingerprint density at radius 1 is 1.00 bits per heavy atom. The van der Waals surface area contributed by atoms with E-state index in [1.807, 2.05) is 31.2 Å². The van der Waals surface area contributed by atoms with Gasteiger partial charge in [0, 0.05) is 15.8 Å². The first-order valence-corrected chi connectivity index (χ1v) is 9.38. The maximum absolute atomic E-state index is 6.26. The van der Waals surface area contributed by atoms with Crippen LogP contribution in [0.5, 0.6) is 17.2 Å². The fourth-order valence-electron chi connectivity index (χ4n) is 2.60. The number of ether oxygens (including phenoxy) is 3. The van der Waals surface area contributed by atoms with E-state index in [1.54, 1.807) is 33.5 Å². The van der Waals surface area contributed by atoms with Crippen LogP contribution in [0.1, 0.15) is 17.7 Å². The lowest BCUT2D eigenvalue weighted by atomic mass is 10.2. The monoisotopic (exact) mass is 406 g/mol. The summed E-state index contributed by atoms with van der Waals surface area (Å²) < 4.78 is 21.9. The smallest absolute Gasteiger partial charge is 0.277 e. The number of benzene rings is 2. The Labute approximate surface area is 166 Å². The number of rotatable bonds is 7. The summed E-state index contributed by atoms with van der Waals surface area (Å²) in [6, 6.07) is 11.2. The predicted molar refractivity (Wildman–Crippen MR) is 105 cm³/mol. The molecule has 3 aromatic rings. The van der Waals surface area contributed by atoms with Gasteiger partial charge in [-0.05, 0) is 30.7 Å². The summed E-state index contributed by atoms with van der Waals surface area (Å²) in [5, 5.41) is 9.49. The Morgan fingerprint density at radius 2 is 1.67 bits per heavy atom. The second-order valence-electron chi connectivity index (χ2n) is 5.57. The number of aromatic nitrogens is 2. The molecule has 0 N–H and O–H groups in total. The molecule has 3 rings (SSSR count). The van der Waals surface area contributed by atoms with Gasteiger partial charge >= 0.3 is 0 Å². The van der Waals surface area contributed by atoms with Gasteiger partial charge < -0.3 is 18.6 Å². The van der Waals surface area contributed by atoms with Crippen LogP contribution >= 0.6 is 23.4 Å². The van der Waals surface area contributed by atoms with Gasteiger partial charge in [0.25, 0.3) is 5.22 Å². The number of nitrogens with zero attached hydrogens (tertiary/aromatic N) is 2. The van der Waals surface area contributed by atoms with Gasteiger partial charge in [-0.15, -0.1) is 10.2 Å². The lowest BCUT2D eigenvalue weighted by molar-refractivity contribution is 0.324. The van der Waals surface area contributed by atoms with Crippen LogP contribution in [0.15, 0.2) is 46.0 Å². The van der Waals surface area contributed by atoms with Crippen LogP contribution < -0.4 is 14.2 Å². The first-order valence-electron chi connectivity index (χ1n) is 8.12. The third-order valence-electron chi connectivity index (χ3n) is 3.94. The first kappa shape index (κ1) is 19.4. The summed E-state index contributed by atoms with van der Waals surface area (Å²) >= 11 is 7.70. The Hall–Kier alpha value is -2.38. The highest BCUT2D eigenvalue weighted by Crippen LogP contribution is 2.42. The van der Waals surface area contributed by atoms with Crippen molar-refractivity contribution in [3.05, 3.63) is 47.0 Å². The van der Waals surface area contributed by atoms with Gasteiger partial charge in [0.15, 0.2) is 11.5 Å². The zero-order chi connectivity index (χ0) is 19.4. The van der Waals surface area contributed by atoms with Crippen molar-refractivity contribution in [3.8, 4) is 28.7 Å². The molecule has 1 aromatic heterocycles. The van der Waals surface area contributed by atoms with Crippen molar-refractivity contribution in [3.63, 3.8) is 0 Å². The number of hydrogen-bond acceptors (Lipinski definition) is 7. The third kappa shape index (κ3) is 4.14. The maximum atomic E-state index is 6.26. The summed E-state index contributed by atoms with van der Waals surface area (Å²) in [7, 11) is 4.67. The molecular formula is C19H19ClN2O4S. The zero-order valence-corrected chi connectivity index (χ0v) is 16.9. The molecule has 6 nitrogen and oxygen atoms in total. The van der Waals surface area contributed by atoms with Crippen molar-refractivity contribution in [2.75, 3.05) is 21.3 Å². The molecule has 0 saturated heterocycles. The second kappa shape index (κ2) is 8.54. The standard InChI is InChI=1S/C19H19ClN2O4S/c1-11(13-7-5-6-8-14(13)20)27-19-22-21-18(26-19)12-9-15(23-2)17(25-4)16(10-12)24-3/h5-11H,1-4H3. The molecule has 0 amide bonds. The van der Waals surface area contributed by atoms with E-state index >= 15 is 0 Å². The average Bonchev–Trinajstić information content (AvgIpc) is 3.15. The maximum Gasteiger partial charge on any atom is 0.277 e. The second-order valence-corrected chi connectivity index (χ2v) is 7.27. The summed E-state index contributed by atoms with van der Waals surface area (Å²) in [6.45, 7) is 2.04. The minimum atomic E-state index is 0.0620. The van der Waals surface area contributed by atoms with Crippen molar-refractivity contribution < 1.29 is 18.6 Å². The van der Waals surface area contributed by atoms with Crippen LogP contribution in [0.25, 0.3) is 11.5 Å². The van der Waals surface area contributed by atoms with Crippen LogP contribution in [0.3, 0.4) is 0 Å². The van der Waals surface area contributed by atoms with Crippen molar-refractivity contribution in [2.24, 2.45) is 0 Å². The molecule has 1 unspecified atom stereocenters. The SMILES string of the molecule is COc1cc(-c2nnc(SC(C)c3ccccc3Cl)o2)cc(OC)c1OC. The van der Waals surface area contributed by atoms with Crippen molar-refractivity contribution in [1.82, 2.24) is 10.2 Å². The molecule has 1 atom stereocenters. The summed E-state index contributed by atoms with van der Waals surface area (Å²) in [6.07, 6.45) is 0. The largest absolute Gasteiger partial charge is 0.493 e. The predicted octanol–water partition coefficient (Wildman–Crippen LogP) is 5.27. The Balaban J connectivity index is 1.86. The van der Waals surface area contributed by atoms with Gasteiger partial charge in [-0.25, -0.2) is 0 Å². The average molecular weight is 407 g/mol. The van der Waals surface area contributed by atoms with Crippen molar-refractivity contribution >= 4 is 23.4 Å². The molecule has 0 fully saturated rings. The molecular weight excluding hydrogens is 388 g/mol. The number of thioether (sulfide) groups is 1. The molecule has 0 radical (unpaired) electrons. The van der Waals surface area contributed by atoms with E-state index in [0.29, 0.717) is 38.9 Å². The lowest BCUT2D eigenvalue weighted by Gasteiger charge is -2.12.